The molecule has 1 N–H and O–H groups in total. The monoisotopic (exact) mass is 525 g/mol. The summed E-state index contributed by atoms with van der Waals surface area (Å²) in [5.41, 5.74) is 1.05. The van der Waals surface area contributed by atoms with E-state index in [0.29, 0.717) is 17.2 Å². The zero-order valence-corrected chi connectivity index (χ0v) is 22.1. The Hall–Kier alpha value is -4.05. The normalized spacial score (nSPS) is 11.8. The molecule has 0 saturated heterocycles. The van der Waals surface area contributed by atoms with Gasteiger partial charge >= 0.3 is 0 Å². The molecule has 2 amide bonds. The second-order valence-corrected chi connectivity index (χ2v) is 10.0. The molecule has 0 aliphatic carbocycles. The number of nitrogens with zero attached hydrogens (tertiary/aromatic N) is 2. The van der Waals surface area contributed by atoms with Crippen LogP contribution in [-0.4, -0.2) is 59.0 Å². The Morgan fingerprint density at radius 3 is 2.14 bits per heavy atom. The first-order valence-corrected chi connectivity index (χ1v) is 13.0. The summed E-state index contributed by atoms with van der Waals surface area (Å²) in [4.78, 5) is 27.6. The predicted molar refractivity (Wildman–Crippen MR) is 141 cm³/mol. The lowest BCUT2D eigenvalue weighted by atomic mass is 10.1. The summed E-state index contributed by atoms with van der Waals surface area (Å²) in [6.45, 7) is 1.17. The number of rotatable bonds is 11. The van der Waals surface area contributed by atoms with Crippen molar-refractivity contribution in [2.75, 3.05) is 32.1 Å². The lowest BCUT2D eigenvalue weighted by molar-refractivity contribution is -0.139. The second-order valence-electron chi connectivity index (χ2n) is 8.19. The van der Waals surface area contributed by atoms with Gasteiger partial charge in [-0.2, -0.15) is 0 Å². The quantitative estimate of drug-likeness (QED) is 0.413. The Morgan fingerprint density at radius 2 is 1.54 bits per heavy atom. The highest BCUT2D eigenvalue weighted by Crippen LogP contribution is 2.26. The van der Waals surface area contributed by atoms with Crippen LogP contribution in [0, 0.1) is 0 Å². The van der Waals surface area contributed by atoms with Crippen LogP contribution in [-0.2, 0) is 26.2 Å². The van der Waals surface area contributed by atoms with E-state index in [2.05, 4.69) is 5.32 Å². The third kappa shape index (κ3) is 6.59. The first-order valence-electron chi connectivity index (χ1n) is 11.6. The van der Waals surface area contributed by atoms with Crippen molar-refractivity contribution in [1.82, 2.24) is 10.2 Å². The third-order valence-electron chi connectivity index (χ3n) is 5.87. The molecule has 0 bridgehead atoms. The molecule has 196 valence electrons. The number of amides is 2. The number of hydrogen-bond acceptors (Lipinski definition) is 6. The predicted octanol–water partition coefficient (Wildman–Crippen LogP) is 3.06. The second kappa shape index (κ2) is 12.3. The largest absolute Gasteiger partial charge is 0.497 e. The van der Waals surface area contributed by atoms with Crippen LogP contribution in [0.1, 0.15) is 12.5 Å². The minimum atomic E-state index is -4.13. The van der Waals surface area contributed by atoms with Gasteiger partial charge in [0.05, 0.1) is 24.8 Å². The van der Waals surface area contributed by atoms with Gasteiger partial charge in [0, 0.05) is 13.6 Å². The first kappa shape index (κ1) is 27.5. The molecule has 0 spiro atoms. The maximum Gasteiger partial charge on any atom is 0.264 e. The summed E-state index contributed by atoms with van der Waals surface area (Å²) in [6.07, 6.45) is 0. The number of carbonyl (C=O) groups is 2. The van der Waals surface area contributed by atoms with Crippen molar-refractivity contribution in [2.45, 2.75) is 24.4 Å². The van der Waals surface area contributed by atoms with E-state index in [9.17, 15) is 18.0 Å². The molecule has 10 heteroatoms. The number of hydrogen-bond donors (Lipinski definition) is 1. The van der Waals surface area contributed by atoms with Gasteiger partial charge in [-0.05, 0) is 61.0 Å². The molecule has 0 aliphatic rings. The molecule has 0 unspecified atom stereocenters. The number of carbonyl (C=O) groups excluding carboxylic acids is 2. The van der Waals surface area contributed by atoms with Crippen LogP contribution in [0.5, 0.6) is 11.5 Å². The van der Waals surface area contributed by atoms with Crippen molar-refractivity contribution in [3.63, 3.8) is 0 Å². The molecule has 0 heterocycles. The number of nitrogens with one attached hydrogen (secondary N) is 1. The van der Waals surface area contributed by atoms with Gasteiger partial charge in [0.15, 0.2) is 0 Å². The van der Waals surface area contributed by atoms with Gasteiger partial charge in [-0.25, -0.2) is 8.42 Å². The Kier molecular flexibility index (Phi) is 9.13. The Morgan fingerprint density at radius 1 is 0.892 bits per heavy atom. The summed E-state index contributed by atoms with van der Waals surface area (Å²) in [5.74, 6) is 0.191. The van der Waals surface area contributed by atoms with Crippen LogP contribution < -0.4 is 19.1 Å². The summed E-state index contributed by atoms with van der Waals surface area (Å²) in [5, 5.41) is 2.56. The molecule has 0 fully saturated rings. The maximum absolute atomic E-state index is 13.7. The van der Waals surface area contributed by atoms with E-state index in [1.807, 2.05) is 6.07 Å². The molecule has 3 aromatic carbocycles. The van der Waals surface area contributed by atoms with Gasteiger partial charge in [0.1, 0.15) is 24.1 Å². The van der Waals surface area contributed by atoms with Crippen LogP contribution in [0.15, 0.2) is 83.8 Å². The molecule has 1 atom stereocenters. The highest BCUT2D eigenvalue weighted by molar-refractivity contribution is 7.92. The van der Waals surface area contributed by atoms with Gasteiger partial charge in [-0.1, -0.05) is 30.3 Å². The molecule has 3 aromatic rings. The smallest absolute Gasteiger partial charge is 0.264 e. The fraction of sp³-hybridized carbons (Fsp3) is 0.259. The van der Waals surface area contributed by atoms with Gasteiger partial charge in [0.2, 0.25) is 11.8 Å². The lowest BCUT2D eigenvalue weighted by Gasteiger charge is -2.31. The van der Waals surface area contributed by atoms with Gasteiger partial charge in [-0.3, -0.25) is 13.9 Å². The van der Waals surface area contributed by atoms with E-state index in [1.165, 1.54) is 38.3 Å². The maximum atomic E-state index is 13.7. The van der Waals surface area contributed by atoms with E-state index >= 15 is 0 Å². The number of ether oxygens (including phenoxy) is 2. The number of anilines is 1. The van der Waals surface area contributed by atoms with Gasteiger partial charge < -0.3 is 19.7 Å². The number of benzene rings is 3. The number of likely N-dealkylation sites (N-methyl/N-ethyl adjacent to an activating group) is 1. The summed E-state index contributed by atoms with van der Waals surface area (Å²) >= 11 is 0. The molecular formula is C27H31N3O6S. The molecular weight excluding hydrogens is 494 g/mol. The average molecular weight is 526 g/mol. The molecule has 3 rings (SSSR count). The Labute approximate surface area is 217 Å². The van der Waals surface area contributed by atoms with E-state index in [-0.39, 0.29) is 17.3 Å². The standard InChI is InChI=1S/C27H31N3O6S/c1-20(27(32)28-2)29(18-21-9-8-12-24(17-21)36-4)26(31)19-30(22-10-6-5-7-11-22)37(33,34)25-15-13-23(35-3)14-16-25/h5-17,20H,18-19H2,1-4H3,(H,28,32)/t20-/m0/s1. The third-order valence-corrected chi connectivity index (χ3v) is 7.66. The van der Waals surface area contributed by atoms with Crippen LogP contribution in [0.4, 0.5) is 5.69 Å². The summed E-state index contributed by atoms with van der Waals surface area (Å²) in [7, 11) is 0.378. The van der Waals surface area contributed by atoms with Crippen molar-refractivity contribution in [1.29, 1.82) is 0 Å². The number of para-hydroxylation sites is 1. The zero-order valence-electron chi connectivity index (χ0n) is 21.2. The van der Waals surface area contributed by atoms with Crippen molar-refractivity contribution in [3.8, 4) is 11.5 Å². The van der Waals surface area contributed by atoms with Crippen molar-refractivity contribution in [3.05, 3.63) is 84.4 Å². The number of sulfonamides is 1. The minimum absolute atomic E-state index is 0.00338. The summed E-state index contributed by atoms with van der Waals surface area (Å²) < 4.78 is 38.9. The fourth-order valence-corrected chi connectivity index (χ4v) is 5.17. The Bertz CT molecular complexity index is 1310. The molecule has 9 nitrogen and oxygen atoms in total. The average Bonchev–Trinajstić information content (AvgIpc) is 2.94. The molecule has 0 saturated carbocycles. The number of methoxy groups -OCH3 is 2. The fourth-order valence-electron chi connectivity index (χ4n) is 3.76. The van der Waals surface area contributed by atoms with Crippen molar-refractivity contribution < 1.29 is 27.5 Å². The van der Waals surface area contributed by atoms with Crippen molar-refractivity contribution >= 4 is 27.5 Å². The van der Waals surface area contributed by atoms with Gasteiger partial charge in [0.25, 0.3) is 10.0 Å². The highest BCUT2D eigenvalue weighted by atomic mass is 32.2. The van der Waals surface area contributed by atoms with Crippen molar-refractivity contribution in [2.24, 2.45) is 0 Å². The molecule has 0 radical (unpaired) electrons. The van der Waals surface area contributed by atoms with Crippen LogP contribution in [0.25, 0.3) is 0 Å². The zero-order chi connectivity index (χ0) is 27.0. The molecule has 37 heavy (non-hydrogen) atoms. The van der Waals surface area contributed by atoms with E-state index in [4.69, 9.17) is 9.47 Å². The highest BCUT2D eigenvalue weighted by Gasteiger charge is 2.32. The van der Waals surface area contributed by atoms with Crippen LogP contribution in [0.3, 0.4) is 0 Å². The van der Waals surface area contributed by atoms with Gasteiger partial charge in [-0.15, -0.1) is 0 Å². The SMILES string of the molecule is CNC(=O)[C@H](C)N(Cc1cccc(OC)c1)C(=O)CN(c1ccccc1)S(=O)(=O)c1ccc(OC)cc1. The van der Waals surface area contributed by atoms with E-state index < -0.39 is 28.5 Å². The Balaban J connectivity index is 2.00. The van der Waals surface area contributed by atoms with Crippen LogP contribution >= 0.6 is 0 Å². The topological polar surface area (TPSA) is 105 Å². The lowest BCUT2D eigenvalue weighted by Crippen LogP contribution is -2.50. The minimum Gasteiger partial charge on any atom is -0.497 e. The molecule has 0 aromatic heterocycles. The van der Waals surface area contributed by atoms with E-state index in [1.54, 1.807) is 67.6 Å². The molecule has 0 aliphatic heterocycles. The first-order chi connectivity index (χ1) is 17.7. The van der Waals surface area contributed by atoms with Crippen LogP contribution in [0.2, 0.25) is 0 Å². The summed E-state index contributed by atoms with van der Waals surface area (Å²) in [6, 6.07) is 20.6. The van der Waals surface area contributed by atoms with E-state index in [0.717, 1.165) is 9.87 Å².